The molecular formula is C17H29. The Bertz CT molecular complexity index is 144. The number of hydrogen-bond acceptors (Lipinski definition) is 0. The van der Waals surface area contributed by atoms with Gasteiger partial charge in [0.05, 0.1) is 0 Å². The summed E-state index contributed by atoms with van der Waals surface area (Å²) in [5, 5.41) is 0. The highest BCUT2D eigenvalue weighted by Crippen LogP contribution is 2.28. The first-order valence-corrected chi connectivity index (χ1v) is 7.64. The molecule has 1 aliphatic rings. The number of hydrogen-bond donors (Lipinski definition) is 0. The molecule has 5 radical (unpaired) electrons. The molecule has 0 heteroatoms. The molecule has 0 spiro atoms. The minimum absolute atomic E-state index is 1.28. The van der Waals surface area contributed by atoms with E-state index in [2.05, 4.69) is 32.6 Å². The van der Waals surface area contributed by atoms with Crippen LogP contribution in [0.1, 0.15) is 77.6 Å². The average Bonchev–Trinajstić information content (AvgIpc) is 2.85. The third-order valence-corrected chi connectivity index (χ3v) is 3.55. The summed E-state index contributed by atoms with van der Waals surface area (Å²) in [5.41, 5.74) is 0. The molecule has 1 aliphatic carbocycles. The van der Waals surface area contributed by atoms with Gasteiger partial charge in [0.25, 0.3) is 0 Å². The highest BCUT2D eigenvalue weighted by atomic mass is 14.2. The Labute approximate surface area is 110 Å². The quantitative estimate of drug-likeness (QED) is 0.401. The monoisotopic (exact) mass is 233 g/mol. The van der Waals surface area contributed by atoms with Crippen LogP contribution in [0.4, 0.5) is 0 Å². The van der Waals surface area contributed by atoms with E-state index in [9.17, 15) is 0 Å². The molecule has 0 saturated heterocycles. The van der Waals surface area contributed by atoms with E-state index >= 15 is 0 Å². The van der Waals surface area contributed by atoms with E-state index in [0.29, 0.717) is 0 Å². The summed E-state index contributed by atoms with van der Waals surface area (Å²) in [6.07, 6.45) is 24.4. The molecule has 0 aromatic rings. The standard InChI is InChI=1S/C17H29/c1-2-3-4-5-6-7-8-9-10-11-14-17-15-12-13-16-17/h12-13,15-16H,2-11,14H2,1H3. The summed E-state index contributed by atoms with van der Waals surface area (Å²) in [6.45, 7) is 2.28. The molecule has 1 fully saturated rings. The molecule has 0 aliphatic heterocycles. The molecule has 0 amide bonds. The Hall–Kier alpha value is 0. The van der Waals surface area contributed by atoms with Crippen molar-refractivity contribution in [3.63, 3.8) is 0 Å². The van der Waals surface area contributed by atoms with Crippen LogP contribution in [-0.4, -0.2) is 0 Å². The Morgan fingerprint density at radius 1 is 0.647 bits per heavy atom. The van der Waals surface area contributed by atoms with E-state index in [-0.39, 0.29) is 0 Å². The highest BCUT2D eigenvalue weighted by molar-refractivity contribution is 5.34. The highest BCUT2D eigenvalue weighted by Gasteiger charge is 2.15. The van der Waals surface area contributed by atoms with Crippen molar-refractivity contribution in [2.24, 2.45) is 0 Å². The summed E-state index contributed by atoms with van der Waals surface area (Å²) in [4.78, 5) is 0. The largest absolute Gasteiger partial charge is 0.0654 e. The van der Waals surface area contributed by atoms with Gasteiger partial charge in [-0.1, -0.05) is 71.1 Å². The van der Waals surface area contributed by atoms with Crippen LogP contribution in [0.15, 0.2) is 0 Å². The maximum Gasteiger partial charge on any atom is -0.0167 e. The zero-order valence-electron chi connectivity index (χ0n) is 11.6. The average molecular weight is 233 g/mol. The second-order valence-corrected chi connectivity index (χ2v) is 5.23. The van der Waals surface area contributed by atoms with Crippen molar-refractivity contribution in [3.8, 4) is 0 Å². The Morgan fingerprint density at radius 3 is 1.65 bits per heavy atom. The van der Waals surface area contributed by atoms with Gasteiger partial charge in [-0.2, -0.15) is 0 Å². The van der Waals surface area contributed by atoms with Gasteiger partial charge in [-0.25, -0.2) is 0 Å². The molecule has 17 heavy (non-hydrogen) atoms. The first-order chi connectivity index (χ1) is 8.43. The first kappa shape index (κ1) is 15.1. The summed E-state index contributed by atoms with van der Waals surface area (Å²) in [6, 6.07) is 0. The summed E-state index contributed by atoms with van der Waals surface area (Å²) >= 11 is 0. The van der Waals surface area contributed by atoms with Crippen LogP contribution >= 0.6 is 0 Å². The molecule has 0 aromatic carbocycles. The van der Waals surface area contributed by atoms with Gasteiger partial charge in [0.1, 0.15) is 0 Å². The Morgan fingerprint density at radius 2 is 1.12 bits per heavy atom. The predicted molar refractivity (Wildman–Crippen MR) is 76.9 cm³/mol. The molecule has 0 atom stereocenters. The van der Waals surface area contributed by atoms with Crippen molar-refractivity contribution in [2.45, 2.75) is 77.6 Å². The Balaban J connectivity index is 1.69. The van der Waals surface area contributed by atoms with E-state index in [1.165, 1.54) is 76.5 Å². The minimum atomic E-state index is 1.28. The second-order valence-electron chi connectivity index (χ2n) is 5.23. The lowest BCUT2D eigenvalue weighted by molar-refractivity contribution is 0.553. The van der Waals surface area contributed by atoms with E-state index in [1.807, 2.05) is 0 Å². The number of rotatable bonds is 11. The molecule has 0 unspecified atom stereocenters. The van der Waals surface area contributed by atoms with Gasteiger partial charge in [-0.15, -0.1) is 0 Å². The minimum Gasteiger partial charge on any atom is -0.0654 e. The van der Waals surface area contributed by atoms with Crippen molar-refractivity contribution in [2.75, 3.05) is 0 Å². The van der Waals surface area contributed by atoms with Gasteiger partial charge in [-0.05, 0) is 38.0 Å². The van der Waals surface area contributed by atoms with Crippen LogP contribution in [0.3, 0.4) is 0 Å². The van der Waals surface area contributed by atoms with E-state index < -0.39 is 0 Å². The van der Waals surface area contributed by atoms with Crippen molar-refractivity contribution in [1.82, 2.24) is 0 Å². The lowest BCUT2D eigenvalue weighted by atomic mass is 9.99. The molecule has 1 rings (SSSR count). The lowest BCUT2D eigenvalue weighted by Gasteiger charge is -2.06. The summed E-state index contributed by atoms with van der Waals surface area (Å²) < 4.78 is 0. The fourth-order valence-electron chi connectivity index (χ4n) is 2.40. The number of unbranched alkanes of at least 4 members (excludes halogenated alkanes) is 9. The van der Waals surface area contributed by atoms with Crippen LogP contribution in [0.2, 0.25) is 0 Å². The molecular weight excluding hydrogens is 204 g/mol. The van der Waals surface area contributed by atoms with Crippen molar-refractivity contribution >= 4 is 0 Å². The van der Waals surface area contributed by atoms with Gasteiger partial charge < -0.3 is 0 Å². The zero-order valence-corrected chi connectivity index (χ0v) is 11.6. The summed E-state index contributed by atoms with van der Waals surface area (Å²) in [7, 11) is 0. The fraction of sp³-hybridized carbons (Fsp3) is 0.706. The summed E-state index contributed by atoms with van der Waals surface area (Å²) in [5.74, 6) is 1.52. The third-order valence-electron chi connectivity index (χ3n) is 3.55. The van der Waals surface area contributed by atoms with Gasteiger partial charge in [-0.3, -0.25) is 0 Å². The van der Waals surface area contributed by atoms with Crippen molar-refractivity contribution < 1.29 is 0 Å². The second kappa shape index (κ2) is 11.1. The van der Waals surface area contributed by atoms with E-state index in [0.717, 1.165) is 0 Å². The SMILES string of the molecule is CCCCCCCCCCCC[C]1[CH][CH][CH][CH]1. The molecule has 0 aromatic heterocycles. The van der Waals surface area contributed by atoms with E-state index in [1.54, 1.807) is 0 Å². The normalized spacial score (nSPS) is 16.8. The maximum absolute atomic E-state index is 2.28. The maximum atomic E-state index is 2.28. The Kier molecular flexibility index (Phi) is 9.84. The van der Waals surface area contributed by atoms with Crippen LogP contribution in [0, 0.1) is 31.6 Å². The van der Waals surface area contributed by atoms with E-state index in [4.69, 9.17) is 0 Å². The zero-order chi connectivity index (χ0) is 12.2. The van der Waals surface area contributed by atoms with Crippen LogP contribution < -0.4 is 0 Å². The molecule has 0 bridgehead atoms. The lowest BCUT2D eigenvalue weighted by Crippen LogP contribution is -1.91. The first-order valence-electron chi connectivity index (χ1n) is 7.64. The van der Waals surface area contributed by atoms with Gasteiger partial charge in [0.2, 0.25) is 0 Å². The van der Waals surface area contributed by atoms with Crippen LogP contribution in [0.25, 0.3) is 0 Å². The van der Waals surface area contributed by atoms with Gasteiger partial charge >= 0.3 is 0 Å². The molecule has 0 N–H and O–H groups in total. The molecule has 1 saturated carbocycles. The van der Waals surface area contributed by atoms with Crippen LogP contribution in [0.5, 0.6) is 0 Å². The molecule has 0 nitrogen and oxygen atoms in total. The predicted octanol–water partition coefficient (Wildman–Crippen LogP) is 5.70. The van der Waals surface area contributed by atoms with Crippen molar-refractivity contribution in [3.05, 3.63) is 31.6 Å². The smallest absolute Gasteiger partial charge is 0.0167 e. The van der Waals surface area contributed by atoms with Gasteiger partial charge in [0.15, 0.2) is 0 Å². The fourth-order valence-corrected chi connectivity index (χ4v) is 2.40. The van der Waals surface area contributed by atoms with Gasteiger partial charge in [0, 0.05) is 0 Å². The molecule has 0 heterocycles. The molecule has 97 valence electrons. The van der Waals surface area contributed by atoms with Crippen LogP contribution in [-0.2, 0) is 0 Å². The third kappa shape index (κ3) is 8.69. The topological polar surface area (TPSA) is 0 Å². The van der Waals surface area contributed by atoms with Crippen molar-refractivity contribution in [1.29, 1.82) is 0 Å².